The molecule has 1 heterocycles. The van der Waals surface area contributed by atoms with E-state index in [1.807, 2.05) is 6.92 Å². The van der Waals surface area contributed by atoms with Crippen molar-refractivity contribution in [2.24, 2.45) is 0 Å². The summed E-state index contributed by atoms with van der Waals surface area (Å²) >= 11 is 6.30. The molecule has 0 aliphatic rings. The first kappa shape index (κ1) is 30.8. The molecule has 4 rings (SSSR count). The molecule has 4 aromatic rings. The van der Waals surface area contributed by atoms with Crippen molar-refractivity contribution < 1.29 is 31.1 Å². The van der Waals surface area contributed by atoms with Crippen LogP contribution in [0.15, 0.2) is 83.7 Å². The van der Waals surface area contributed by atoms with Crippen LogP contribution in [-0.2, 0) is 27.8 Å². The van der Waals surface area contributed by atoms with Crippen LogP contribution >= 0.6 is 11.6 Å². The van der Waals surface area contributed by atoms with Gasteiger partial charge in [-0.3, -0.25) is 9.36 Å². The van der Waals surface area contributed by atoms with E-state index in [0.29, 0.717) is 28.5 Å². The highest BCUT2D eigenvalue weighted by atomic mass is 35.5. The molecule has 0 radical (unpaired) electrons. The lowest BCUT2D eigenvalue weighted by atomic mass is 10.2. The van der Waals surface area contributed by atoms with E-state index >= 15 is 0 Å². The largest absolute Gasteiger partial charge is 0.516 e. The van der Waals surface area contributed by atoms with Gasteiger partial charge < -0.3 is 4.74 Å². The number of sulfonamides is 1. The Balaban J connectivity index is 1.65. The zero-order valence-corrected chi connectivity index (χ0v) is 23.8. The molecule has 0 aliphatic carbocycles. The minimum atomic E-state index is -6.06. The fourth-order valence-electron chi connectivity index (χ4n) is 4.12. The Morgan fingerprint density at radius 3 is 2.26 bits per heavy atom. The fraction of sp³-hybridized carbons (Fsp3) is 0.250. The summed E-state index contributed by atoms with van der Waals surface area (Å²) in [6.45, 7) is 2.13. The highest BCUT2D eigenvalue weighted by Crippen LogP contribution is 2.34. The van der Waals surface area contributed by atoms with Crippen molar-refractivity contribution in [3.63, 3.8) is 0 Å². The van der Waals surface area contributed by atoms with E-state index < -0.39 is 38.2 Å². The number of unbranched alkanes of at least 4 members (excludes halogenated alkanes) is 1. The van der Waals surface area contributed by atoms with Crippen molar-refractivity contribution in [3.8, 4) is 11.4 Å². The predicted octanol–water partition coefficient (Wildman–Crippen LogP) is 5.46. The normalized spacial score (nSPS) is 12.6. The quantitative estimate of drug-likeness (QED) is 0.153. The lowest BCUT2D eigenvalue weighted by Crippen LogP contribution is -2.43. The number of amides is 1. The molecule has 1 atom stereocenters. The predicted molar refractivity (Wildman–Crippen MR) is 150 cm³/mol. The highest BCUT2D eigenvalue weighted by molar-refractivity contribution is 7.90. The van der Waals surface area contributed by atoms with Crippen LogP contribution < -0.4 is 10.4 Å². The molecule has 3 aromatic carbocycles. The first-order valence-electron chi connectivity index (χ1n) is 12.8. The number of rotatable bonds is 12. The molecular formula is C28H26ClF3N4O5S. The number of halogens is 4. The molecular weight excluding hydrogens is 597 g/mol. The zero-order chi connectivity index (χ0) is 30.5. The number of alkyl halides is 3. The smallest absolute Gasteiger partial charge is 0.465 e. The maximum absolute atomic E-state index is 13.4. The molecule has 0 spiro atoms. The fourth-order valence-corrected chi connectivity index (χ4v) is 5.11. The third kappa shape index (κ3) is 6.52. The minimum absolute atomic E-state index is 0.000562. The molecule has 1 amide bonds. The van der Waals surface area contributed by atoms with E-state index in [1.54, 1.807) is 42.5 Å². The molecule has 42 heavy (non-hydrogen) atoms. The Hall–Kier alpha value is -4.10. The average Bonchev–Trinajstić information content (AvgIpc) is 3.27. The summed E-state index contributed by atoms with van der Waals surface area (Å²) in [6.07, 6.45) is -0.156. The van der Waals surface area contributed by atoms with Crippen molar-refractivity contribution in [1.29, 1.82) is 0 Å². The number of hydrogen-bond acceptors (Lipinski definition) is 6. The van der Waals surface area contributed by atoms with Crippen LogP contribution in [0.2, 0.25) is 5.02 Å². The van der Waals surface area contributed by atoms with Gasteiger partial charge in [-0.1, -0.05) is 79.5 Å². The van der Waals surface area contributed by atoms with Gasteiger partial charge in [0.15, 0.2) is 0 Å². The molecule has 1 unspecified atom stereocenters. The van der Waals surface area contributed by atoms with Crippen molar-refractivity contribution in [2.45, 2.75) is 44.5 Å². The van der Waals surface area contributed by atoms with Gasteiger partial charge in [0.2, 0.25) is 12.6 Å². The lowest BCUT2D eigenvalue weighted by molar-refractivity contribution is -0.121. The van der Waals surface area contributed by atoms with Gasteiger partial charge in [-0.25, -0.2) is 4.79 Å². The van der Waals surface area contributed by atoms with Crippen LogP contribution in [0.1, 0.15) is 42.9 Å². The van der Waals surface area contributed by atoms with Crippen molar-refractivity contribution in [2.75, 3.05) is 0 Å². The van der Waals surface area contributed by atoms with Gasteiger partial charge in [0.25, 0.3) is 0 Å². The highest BCUT2D eigenvalue weighted by Gasteiger charge is 2.52. The monoisotopic (exact) mass is 622 g/mol. The van der Waals surface area contributed by atoms with Gasteiger partial charge in [0.05, 0.1) is 17.3 Å². The number of ether oxygens (including phenoxy) is 1. The van der Waals surface area contributed by atoms with Gasteiger partial charge in [0.1, 0.15) is 11.6 Å². The molecule has 9 nitrogen and oxygen atoms in total. The molecule has 0 aliphatic heterocycles. The summed E-state index contributed by atoms with van der Waals surface area (Å²) in [6, 6.07) is 20.0. The SMILES string of the molecule is CCCCc1nn(-c2ccccc2Cl)c(=O)n1Cc1ccc(OC(c2ccccc2)N(C=O)S(=O)(=O)C(F)(F)F)cc1. The van der Waals surface area contributed by atoms with E-state index in [1.165, 1.54) is 45.6 Å². The van der Waals surface area contributed by atoms with Crippen molar-refractivity contribution in [1.82, 2.24) is 18.7 Å². The number of carbonyl (C=O) groups excluding carboxylic acids is 1. The Kier molecular flexibility index (Phi) is 9.42. The summed E-state index contributed by atoms with van der Waals surface area (Å²) in [4.78, 5) is 25.0. The van der Waals surface area contributed by atoms with E-state index in [-0.39, 0.29) is 17.9 Å². The second-order valence-corrected chi connectivity index (χ2v) is 11.4. The number of carbonyl (C=O) groups is 1. The first-order valence-corrected chi connectivity index (χ1v) is 14.6. The molecule has 1 aromatic heterocycles. The Bertz CT molecular complexity index is 1690. The second-order valence-electron chi connectivity index (χ2n) is 9.16. The van der Waals surface area contributed by atoms with Gasteiger partial charge in [-0.2, -0.15) is 30.6 Å². The third-order valence-corrected chi connectivity index (χ3v) is 8.01. The Morgan fingerprint density at radius 1 is 1.02 bits per heavy atom. The van der Waals surface area contributed by atoms with Gasteiger partial charge >= 0.3 is 21.2 Å². The number of aryl methyl sites for hydroxylation is 1. The summed E-state index contributed by atoms with van der Waals surface area (Å²) in [5.74, 6) is 0.535. The first-order chi connectivity index (χ1) is 20.0. The number of nitrogens with zero attached hydrogens (tertiary/aromatic N) is 4. The summed E-state index contributed by atoms with van der Waals surface area (Å²) in [7, 11) is -6.06. The lowest BCUT2D eigenvalue weighted by Gasteiger charge is -2.29. The third-order valence-electron chi connectivity index (χ3n) is 6.28. The van der Waals surface area contributed by atoms with Gasteiger partial charge in [-0.15, -0.1) is 5.10 Å². The van der Waals surface area contributed by atoms with E-state index in [0.717, 1.165) is 12.8 Å². The Morgan fingerprint density at radius 2 is 1.67 bits per heavy atom. The number of para-hydroxylation sites is 1. The molecule has 222 valence electrons. The summed E-state index contributed by atoms with van der Waals surface area (Å²) in [5.41, 5.74) is -5.07. The average molecular weight is 623 g/mol. The minimum Gasteiger partial charge on any atom is -0.465 e. The molecule has 14 heteroatoms. The van der Waals surface area contributed by atoms with Crippen LogP contribution in [0.25, 0.3) is 5.69 Å². The molecule has 0 bridgehead atoms. The van der Waals surface area contributed by atoms with Crippen LogP contribution in [-0.4, -0.2) is 39.0 Å². The maximum atomic E-state index is 13.4. The standard InChI is InChI=1S/C28H26ClF3N4O5S/c1-2-3-13-25-33-36(24-12-8-7-11-23(24)29)27(38)34(25)18-20-14-16-22(17-15-20)41-26(21-9-5-4-6-10-21)35(19-37)42(39,40)28(30,31)32/h4-12,14-17,19,26H,2-3,13,18H2,1H3. The van der Waals surface area contributed by atoms with E-state index in [9.17, 15) is 31.2 Å². The summed E-state index contributed by atoms with van der Waals surface area (Å²) in [5, 5.41) is 4.87. The number of benzene rings is 3. The topological polar surface area (TPSA) is 104 Å². The molecule has 0 N–H and O–H groups in total. The van der Waals surface area contributed by atoms with Crippen LogP contribution in [0.3, 0.4) is 0 Å². The Labute approximate surface area is 244 Å². The van der Waals surface area contributed by atoms with Crippen molar-refractivity contribution >= 4 is 28.0 Å². The second kappa shape index (κ2) is 12.8. The van der Waals surface area contributed by atoms with Crippen LogP contribution in [0.4, 0.5) is 13.2 Å². The van der Waals surface area contributed by atoms with Crippen LogP contribution in [0.5, 0.6) is 5.75 Å². The number of aromatic nitrogens is 3. The van der Waals surface area contributed by atoms with Crippen LogP contribution in [0, 0.1) is 0 Å². The molecule has 0 saturated heterocycles. The van der Waals surface area contributed by atoms with Gasteiger partial charge in [-0.05, 0) is 36.2 Å². The molecule has 0 fully saturated rings. The van der Waals surface area contributed by atoms with E-state index in [4.69, 9.17) is 16.3 Å². The maximum Gasteiger partial charge on any atom is 0.516 e. The molecule has 0 saturated carbocycles. The van der Waals surface area contributed by atoms with Crippen molar-refractivity contribution in [3.05, 3.63) is 111 Å². The van der Waals surface area contributed by atoms with E-state index in [2.05, 4.69) is 5.10 Å². The van der Waals surface area contributed by atoms with Gasteiger partial charge in [0, 0.05) is 12.0 Å². The number of hydrogen-bond donors (Lipinski definition) is 0. The summed E-state index contributed by atoms with van der Waals surface area (Å²) < 4.78 is 72.3. The zero-order valence-electron chi connectivity index (χ0n) is 22.2.